The molecule has 2 fully saturated rings. The van der Waals surface area contributed by atoms with Gasteiger partial charge in [-0.05, 0) is 55.7 Å². The Labute approximate surface area is 248 Å². The molecule has 1 amide bonds. The number of amides is 1. The summed E-state index contributed by atoms with van der Waals surface area (Å²) in [5.41, 5.74) is -0.964. The summed E-state index contributed by atoms with van der Waals surface area (Å²) in [7, 11) is -2.96. The maximum absolute atomic E-state index is 13.3. The first kappa shape index (κ1) is 31.5. The Hall–Kier alpha value is -2.43. The molecule has 1 heterocycles. The Morgan fingerprint density at radius 1 is 1.24 bits per heavy atom. The third-order valence-electron chi connectivity index (χ3n) is 7.51. The van der Waals surface area contributed by atoms with Crippen LogP contribution in [0.2, 0.25) is 5.02 Å². The van der Waals surface area contributed by atoms with Crippen LogP contribution >= 0.6 is 23.4 Å². The maximum Gasteiger partial charge on any atom is 0.265 e. The molecule has 0 radical (unpaired) electrons. The molecule has 1 aliphatic carbocycles. The number of halogens is 3. The minimum absolute atomic E-state index is 0.000509. The summed E-state index contributed by atoms with van der Waals surface area (Å²) in [6, 6.07) is 10.2. The van der Waals surface area contributed by atoms with Crippen molar-refractivity contribution >= 4 is 45.0 Å². The van der Waals surface area contributed by atoms with Gasteiger partial charge in [-0.1, -0.05) is 30.9 Å². The minimum atomic E-state index is -4.35. The number of nitriles is 1. The maximum atomic E-state index is 13.3. The molecule has 0 bridgehead atoms. The largest absolute Gasteiger partial charge is 0.379 e. The van der Waals surface area contributed by atoms with Crippen LogP contribution in [-0.2, 0) is 19.6 Å². The number of nitrogens with one attached hydrogen (secondary N) is 2. The monoisotopic (exact) mass is 626 g/mol. The molecule has 222 valence electrons. The molecule has 2 aromatic rings. The molecule has 0 aromatic heterocycles. The fourth-order valence-electron chi connectivity index (χ4n) is 5.05. The number of anilines is 1. The van der Waals surface area contributed by atoms with E-state index in [0.717, 1.165) is 24.2 Å². The summed E-state index contributed by atoms with van der Waals surface area (Å²) in [4.78, 5) is 15.5. The van der Waals surface area contributed by atoms with Crippen molar-refractivity contribution in [1.82, 2.24) is 9.62 Å². The second-order valence-electron chi connectivity index (χ2n) is 10.4. The smallest absolute Gasteiger partial charge is 0.265 e. The number of rotatable bonds is 12. The van der Waals surface area contributed by atoms with Gasteiger partial charge in [-0.15, -0.1) is 11.8 Å². The highest BCUT2D eigenvalue weighted by atomic mass is 35.5. The van der Waals surface area contributed by atoms with Gasteiger partial charge in [0.05, 0.1) is 21.2 Å². The first-order valence-corrected chi connectivity index (χ1v) is 16.3. The van der Waals surface area contributed by atoms with E-state index in [1.807, 2.05) is 11.0 Å². The lowest BCUT2D eigenvalue weighted by atomic mass is 9.84. The molecule has 1 saturated carbocycles. The van der Waals surface area contributed by atoms with Gasteiger partial charge in [0.2, 0.25) is 0 Å². The summed E-state index contributed by atoms with van der Waals surface area (Å²) >= 11 is 8.01. The van der Waals surface area contributed by atoms with Crippen LogP contribution in [0.25, 0.3) is 0 Å². The van der Waals surface area contributed by atoms with Gasteiger partial charge in [0.1, 0.15) is 23.7 Å². The Kier molecular flexibility index (Phi) is 10.5. The van der Waals surface area contributed by atoms with Crippen LogP contribution in [0.1, 0.15) is 44.1 Å². The van der Waals surface area contributed by atoms with E-state index in [9.17, 15) is 27.3 Å². The molecule has 4 rings (SSSR count). The summed E-state index contributed by atoms with van der Waals surface area (Å²) in [5, 5.41) is 13.2. The summed E-state index contributed by atoms with van der Waals surface area (Å²) in [6.07, 6.45) is 3.03. The Bertz CT molecular complexity index is 1380. The first-order valence-electron chi connectivity index (χ1n) is 13.4. The highest BCUT2D eigenvalue weighted by Gasteiger charge is 2.41. The van der Waals surface area contributed by atoms with Gasteiger partial charge in [0.25, 0.3) is 15.9 Å². The standard InChI is InChI=1S/C28H33ClF2N4O4S2/c1-39-28(10-3-2-4-11-28)27(36)34-41(37,38)24-13-19(15-32)26(25(29)14-24)33-22(9-12-35-16-21(31)17-35)18-40-23-7-5-20(30)6-8-23/h5-8,13-14,21-22,33H,2-4,9-12,16-18H2,1H3,(H,34,36)/t22-/m1/s1. The van der Waals surface area contributed by atoms with Crippen molar-refractivity contribution < 1.29 is 26.7 Å². The van der Waals surface area contributed by atoms with Crippen LogP contribution < -0.4 is 10.0 Å². The lowest BCUT2D eigenvalue weighted by Gasteiger charge is -2.35. The fraction of sp³-hybridized carbons (Fsp3) is 0.500. The molecular formula is C28H33ClF2N4O4S2. The Morgan fingerprint density at radius 2 is 1.93 bits per heavy atom. The van der Waals surface area contributed by atoms with Gasteiger partial charge in [-0.2, -0.15) is 5.26 Å². The molecule has 2 aromatic carbocycles. The van der Waals surface area contributed by atoms with Crippen molar-refractivity contribution in [3.63, 3.8) is 0 Å². The van der Waals surface area contributed by atoms with Crippen LogP contribution in [-0.4, -0.2) is 69.5 Å². The number of benzene rings is 2. The third-order valence-corrected chi connectivity index (χ3v) is 10.3. The summed E-state index contributed by atoms with van der Waals surface area (Å²) in [6.45, 7) is 1.34. The van der Waals surface area contributed by atoms with Crippen molar-refractivity contribution in [3.8, 4) is 6.07 Å². The molecule has 1 saturated heterocycles. The van der Waals surface area contributed by atoms with Gasteiger partial charge in [-0.25, -0.2) is 21.9 Å². The van der Waals surface area contributed by atoms with Gasteiger partial charge in [0, 0.05) is 43.4 Å². The van der Waals surface area contributed by atoms with Crippen LogP contribution in [0.3, 0.4) is 0 Å². The van der Waals surface area contributed by atoms with Crippen LogP contribution in [0.5, 0.6) is 0 Å². The van der Waals surface area contributed by atoms with Crippen molar-refractivity contribution in [2.45, 2.75) is 66.1 Å². The van der Waals surface area contributed by atoms with Crippen LogP contribution in [0.15, 0.2) is 46.2 Å². The number of carbonyl (C=O) groups is 1. The molecule has 2 aliphatic rings. The lowest BCUT2D eigenvalue weighted by Crippen LogP contribution is -2.51. The fourth-order valence-corrected chi connectivity index (χ4v) is 7.45. The van der Waals surface area contributed by atoms with Crippen molar-refractivity contribution in [2.75, 3.05) is 37.8 Å². The SMILES string of the molecule is COC1(C(=O)NS(=O)(=O)c2cc(Cl)c(N[C@H](CCN3CC(F)C3)CSc3ccc(F)cc3)c(C#N)c2)CCCCC1. The molecule has 8 nitrogen and oxygen atoms in total. The number of sulfonamides is 1. The van der Waals surface area contributed by atoms with E-state index >= 15 is 0 Å². The second-order valence-corrected chi connectivity index (χ2v) is 13.6. The highest BCUT2D eigenvalue weighted by molar-refractivity contribution is 7.99. The van der Waals surface area contributed by atoms with E-state index in [-0.39, 0.29) is 33.0 Å². The molecule has 1 atom stereocenters. The topological polar surface area (TPSA) is 112 Å². The zero-order chi connectivity index (χ0) is 29.6. The number of hydrogen-bond acceptors (Lipinski definition) is 8. The number of ether oxygens (including phenoxy) is 1. The molecule has 13 heteroatoms. The summed E-state index contributed by atoms with van der Waals surface area (Å²) < 4.78 is 60.6. The Morgan fingerprint density at radius 3 is 2.54 bits per heavy atom. The number of thioether (sulfide) groups is 1. The van der Waals surface area contributed by atoms with Gasteiger partial charge >= 0.3 is 0 Å². The number of carbonyl (C=O) groups excluding carboxylic acids is 1. The summed E-state index contributed by atoms with van der Waals surface area (Å²) in [5.74, 6) is -0.555. The average molecular weight is 627 g/mol. The van der Waals surface area contributed by atoms with Crippen LogP contribution in [0, 0.1) is 17.1 Å². The molecule has 0 unspecified atom stereocenters. The number of nitrogens with zero attached hydrogens (tertiary/aromatic N) is 2. The van der Waals surface area contributed by atoms with Crippen molar-refractivity contribution in [2.24, 2.45) is 0 Å². The highest BCUT2D eigenvalue weighted by Crippen LogP contribution is 2.34. The van der Waals surface area contributed by atoms with E-state index in [1.54, 1.807) is 12.1 Å². The predicted octanol–water partition coefficient (Wildman–Crippen LogP) is 5.12. The van der Waals surface area contributed by atoms with Crippen molar-refractivity contribution in [1.29, 1.82) is 5.26 Å². The number of hydrogen-bond donors (Lipinski definition) is 2. The van der Waals surface area contributed by atoms with E-state index in [0.29, 0.717) is 44.6 Å². The molecule has 1 aliphatic heterocycles. The van der Waals surface area contributed by atoms with Crippen LogP contribution in [0.4, 0.5) is 14.5 Å². The van der Waals surface area contributed by atoms with E-state index in [1.165, 1.54) is 43.1 Å². The number of likely N-dealkylation sites (tertiary alicyclic amines) is 1. The van der Waals surface area contributed by atoms with Gasteiger partial charge in [0.15, 0.2) is 0 Å². The van der Waals surface area contributed by atoms with Gasteiger partial charge < -0.3 is 10.1 Å². The minimum Gasteiger partial charge on any atom is -0.379 e. The van der Waals surface area contributed by atoms with E-state index in [2.05, 4.69) is 10.0 Å². The zero-order valence-electron chi connectivity index (χ0n) is 22.7. The predicted molar refractivity (Wildman–Crippen MR) is 155 cm³/mol. The first-order chi connectivity index (χ1) is 19.5. The number of methoxy groups -OCH3 is 1. The normalized spacial score (nSPS) is 18.2. The molecule has 2 N–H and O–H groups in total. The molecule has 41 heavy (non-hydrogen) atoms. The Balaban J connectivity index is 1.52. The number of alkyl halides is 1. The second kappa shape index (κ2) is 13.7. The average Bonchev–Trinajstić information content (AvgIpc) is 2.94. The van der Waals surface area contributed by atoms with E-state index in [4.69, 9.17) is 16.3 Å². The molecule has 0 spiro atoms. The third kappa shape index (κ3) is 7.90. The van der Waals surface area contributed by atoms with Gasteiger partial charge in [-0.3, -0.25) is 9.69 Å². The molecular weight excluding hydrogens is 594 g/mol. The van der Waals surface area contributed by atoms with E-state index < -0.39 is 27.7 Å². The lowest BCUT2D eigenvalue weighted by molar-refractivity contribution is -0.145. The zero-order valence-corrected chi connectivity index (χ0v) is 25.1. The van der Waals surface area contributed by atoms with Crippen molar-refractivity contribution in [3.05, 3.63) is 52.8 Å². The quantitative estimate of drug-likeness (QED) is 0.312.